The fourth-order valence-electron chi connectivity index (χ4n) is 2.73. The number of nitrogens with zero attached hydrogens (tertiary/aromatic N) is 3. The quantitative estimate of drug-likeness (QED) is 0.847. The van der Waals surface area contributed by atoms with Crippen molar-refractivity contribution < 1.29 is 9.53 Å². The summed E-state index contributed by atoms with van der Waals surface area (Å²) in [4.78, 5) is 12.4. The molecule has 0 atom stereocenters. The molecule has 6 nitrogen and oxygen atoms in total. The molecule has 1 aromatic heterocycles. The van der Waals surface area contributed by atoms with Crippen LogP contribution in [0.1, 0.15) is 44.3 Å². The van der Waals surface area contributed by atoms with Gasteiger partial charge in [0.25, 0.3) is 0 Å². The lowest BCUT2D eigenvalue weighted by Crippen LogP contribution is -2.39. The summed E-state index contributed by atoms with van der Waals surface area (Å²) in [6.45, 7) is 4.45. The Bertz CT molecular complexity index is 705. The van der Waals surface area contributed by atoms with Crippen LogP contribution in [-0.4, -0.2) is 34.4 Å². The van der Waals surface area contributed by atoms with Gasteiger partial charge in [-0.3, -0.25) is 9.36 Å². The van der Waals surface area contributed by atoms with E-state index in [0.717, 1.165) is 30.2 Å². The molecule has 128 valence electrons. The molecule has 0 radical (unpaired) electrons. The molecule has 0 aliphatic heterocycles. The van der Waals surface area contributed by atoms with E-state index in [9.17, 15) is 4.79 Å². The molecule has 1 heterocycles. The van der Waals surface area contributed by atoms with E-state index < -0.39 is 5.41 Å². The maximum absolute atomic E-state index is 12.4. The van der Waals surface area contributed by atoms with E-state index in [2.05, 4.69) is 20.1 Å². The number of ether oxygens (including phenoxy) is 1. The van der Waals surface area contributed by atoms with Crippen molar-refractivity contribution in [3.05, 3.63) is 42.0 Å². The average molecular weight is 328 g/mol. The van der Waals surface area contributed by atoms with Crippen molar-refractivity contribution in [1.29, 1.82) is 0 Å². The van der Waals surface area contributed by atoms with Crippen molar-refractivity contribution in [1.82, 2.24) is 20.1 Å². The maximum atomic E-state index is 12.4. The Kier molecular flexibility index (Phi) is 4.66. The highest BCUT2D eigenvalue weighted by Gasteiger charge is 2.32. The first-order chi connectivity index (χ1) is 11.5. The highest BCUT2D eigenvalue weighted by Crippen LogP contribution is 2.40. The molecule has 1 aliphatic carbocycles. The Morgan fingerprint density at radius 3 is 2.62 bits per heavy atom. The summed E-state index contributed by atoms with van der Waals surface area (Å²) in [6, 6.07) is 10.1. The van der Waals surface area contributed by atoms with Crippen LogP contribution < -0.4 is 5.32 Å². The minimum atomic E-state index is -0.578. The lowest BCUT2D eigenvalue weighted by Gasteiger charge is -2.22. The van der Waals surface area contributed by atoms with E-state index in [1.54, 1.807) is 7.11 Å². The van der Waals surface area contributed by atoms with Gasteiger partial charge in [-0.25, -0.2) is 0 Å². The number of amides is 1. The van der Waals surface area contributed by atoms with E-state index >= 15 is 0 Å². The van der Waals surface area contributed by atoms with Gasteiger partial charge in [-0.15, -0.1) is 10.2 Å². The molecule has 1 saturated carbocycles. The van der Waals surface area contributed by atoms with Crippen molar-refractivity contribution >= 4 is 5.91 Å². The second kappa shape index (κ2) is 6.73. The third-order valence-corrected chi connectivity index (χ3v) is 4.24. The van der Waals surface area contributed by atoms with E-state index in [-0.39, 0.29) is 5.91 Å². The summed E-state index contributed by atoms with van der Waals surface area (Å²) in [6.07, 6.45) is 2.30. The fraction of sp³-hybridized carbons (Fsp3) is 0.500. The number of carbonyl (C=O) groups is 1. The van der Waals surface area contributed by atoms with E-state index in [0.29, 0.717) is 19.1 Å². The lowest BCUT2D eigenvalue weighted by molar-refractivity contribution is -0.132. The molecule has 6 heteroatoms. The molecule has 24 heavy (non-hydrogen) atoms. The standard InChI is InChI=1S/C18H24N4O2/c1-18(2,12-24-3)17(23)19-11-15-20-21-16(13-9-10-13)22(15)14-7-5-4-6-8-14/h4-8,13H,9-12H2,1-3H3,(H,19,23). The van der Waals surface area contributed by atoms with Crippen LogP contribution >= 0.6 is 0 Å². The molecule has 2 aromatic rings. The second-order valence-corrected chi connectivity index (χ2v) is 6.92. The smallest absolute Gasteiger partial charge is 0.228 e. The summed E-state index contributed by atoms with van der Waals surface area (Å²) in [5.41, 5.74) is 0.455. The molecule has 0 spiro atoms. The number of benzene rings is 1. The molecule has 0 unspecified atom stereocenters. The van der Waals surface area contributed by atoms with Crippen LogP contribution in [0.5, 0.6) is 0 Å². The van der Waals surface area contributed by atoms with Gasteiger partial charge in [0.2, 0.25) is 5.91 Å². The number of nitrogens with one attached hydrogen (secondary N) is 1. The van der Waals surface area contributed by atoms with Gasteiger partial charge < -0.3 is 10.1 Å². The number of carbonyl (C=O) groups excluding carboxylic acids is 1. The molecular formula is C18H24N4O2. The summed E-state index contributed by atoms with van der Waals surface area (Å²) >= 11 is 0. The first-order valence-electron chi connectivity index (χ1n) is 8.30. The number of rotatable bonds is 7. The maximum Gasteiger partial charge on any atom is 0.228 e. The highest BCUT2D eigenvalue weighted by molar-refractivity contribution is 5.81. The number of hydrogen-bond acceptors (Lipinski definition) is 4. The lowest BCUT2D eigenvalue weighted by atomic mass is 9.94. The van der Waals surface area contributed by atoms with Crippen molar-refractivity contribution in [2.24, 2.45) is 5.41 Å². The van der Waals surface area contributed by atoms with Crippen molar-refractivity contribution in [3.8, 4) is 5.69 Å². The molecule has 1 amide bonds. The molecule has 1 aliphatic rings. The molecular weight excluding hydrogens is 304 g/mol. The van der Waals surface area contributed by atoms with Crippen molar-refractivity contribution in [2.75, 3.05) is 13.7 Å². The summed E-state index contributed by atoms with van der Waals surface area (Å²) < 4.78 is 7.19. The molecule has 3 rings (SSSR count). The zero-order valence-electron chi connectivity index (χ0n) is 14.5. The van der Waals surface area contributed by atoms with E-state index in [1.165, 1.54) is 0 Å². The Hall–Kier alpha value is -2.21. The highest BCUT2D eigenvalue weighted by atomic mass is 16.5. The third-order valence-electron chi connectivity index (χ3n) is 4.24. The minimum Gasteiger partial charge on any atom is -0.384 e. The van der Waals surface area contributed by atoms with Crippen LogP contribution in [0.25, 0.3) is 5.69 Å². The molecule has 0 bridgehead atoms. The van der Waals surface area contributed by atoms with Crippen molar-refractivity contribution in [3.63, 3.8) is 0 Å². The molecule has 0 saturated heterocycles. The topological polar surface area (TPSA) is 69.0 Å². The van der Waals surface area contributed by atoms with Gasteiger partial charge >= 0.3 is 0 Å². The molecule has 1 N–H and O–H groups in total. The zero-order valence-corrected chi connectivity index (χ0v) is 14.5. The van der Waals surface area contributed by atoms with Gasteiger partial charge in [-0.05, 0) is 38.8 Å². The second-order valence-electron chi connectivity index (χ2n) is 6.92. The third kappa shape index (κ3) is 3.48. The first kappa shape index (κ1) is 16.6. The molecule has 1 aromatic carbocycles. The number of methoxy groups -OCH3 is 1. The van der Waals surface area contributed by atoms with Crippen LogP contribution in [0, 0.1) is 5.41 Å². The van der Waals surface area contributed by atoms with Crippen LogP contribution in [0.2, 0.25) is 0 Å². The van der Waals surface area contributed by atoms with Crippen LogP contribution in [0.3, 0.4) is 0 Å². The Morgan fingerprint density at radius 1 is 1.29 bits per heavy atom. The van der Waals surface area contributed by atoms with Crippen LogP contribution in [0.15, 0.2) is 30.3 Å². The van der Waals surface area contributed by atoms with Gasteiger partial charge in [0, 0.05) is 18.7 Å². The fourth-order valence-corrected chi connectivity index (χ4v) is 2.73. The summed E-state index contributed by atoms with van der Waals surface area (Å²) in [5, 5.41) is 11.7. The van der Waals surface area contributed by atoms with Gasteiger partial charge in [0.05, 0.1) is 18.6 Å². The van der Waals surface area contributed by atoms with Crippen LogP contribution in [-0.2, 0) is 16.1 Å². The van der Waals surface area contributed by atoms with Gasteiger partial charge in [0.15, 0.2) is 5.82 Å². The van der Waals surface area contributed by atoms with E-state index in [1.807, 2.05) is 44.2 Å². The van der Waals surface area contributed by atoms with Gasteiger partial charge in [-0.1, -0.05) is 18.2 Å². The average Bonchev–Trinajstić information content (AvgIpc) is 3.33. The predicted octanol–water partition coefficient (Wildman–Crippen LogP) is 2.43. The Labute approximate surface area is 142 Å². The SMILES string of the molecule is COCC(C)(C)C(=O)NCc1nnc(C2CC2)n1-c1ccccc1. The van der Waals surface area contributed by atoms with Crippen LogP contribution in [0.4, 0.5) is 0 Å². The van der Waals surface area contributed by atoms with Gasteiger partial charge in [-0.2, -0.15) is 0 Å². The Balaban J connectivity index is 1.80. The monoisotopic (exact) mass is 328 g/mol. The van der Waals surface area contributed by atoms with E-state index in [4.69, 9.17) is 4.74 Å². The largest absolute Gasteiger partial charge is 0.384 e. The number of para-hydroxylation sites is 1. The molecule has 1 fully saturated rings. The number of hydrogen-bond donors (Lipinski definition) is 1. The Morgan fingerprint density at radius 2 is 2.00 bits per heavy atom. The normalized spacial score (nSPS) is 14.6. The number of aromatic nitrogens is 3. The summed E-state index contributed by atoms with van der Waals surface area (Å²) in [7, 11) is 1.60. The van der Waals surface area contributed by atoms with Crippen molar-refractivity contribution in [2.45, 2.75) is 39.2 Å². The minimum absolute atomic E-state index is 0.0556. The predicted molar refractivity (Wildman–Crippen MR) is 90.8 cm³/mol. The zero-order chi connectivity index (χ0) is 17.2. The summed E-state index contributed by atoms with van der Waals surface area (Å²) in [5.74, 6) is 2.17. The van der Waals surface area contributed by atoms with Gasteiger partial charge in [0.1, 0.15) is 5.82 Å². The first-order valence-corrected chi connectivity index (χ1v) is 8.30.